The quantitative estimate of drug-likeness (QED) is 0.00883. The molecule has 10 aromatic carbocycles. The Kier molecular flexibility index (Phi) is 20.4. The maximum atomic E-state index is 13.0. The van der Waals surface area contributed by atoms with Gasteiger partial charge >= 0.3 is 0 Å². The van der Waals surface area contributed by atoms with Crippen LogP contribution in [0.4, 0.5) is 56.9 Å². The normalized spacial score (nSPS) is 12.5. The molecule has 0 aliphatic carbocycles. The molecular weight excluding hydrogens is 1400 g/mol. The predicted octanol–water partition coefficient (Wildman–Crippen LogP) is 16.8. The highest BCUT2D eigenvalue weighted by atomic mass is 32.2. The van der Waals surface area contributed by atoms with Crippen molar-refractivity contribution in [3.05, 3.63) is 150 Å². The highest BCUT2D eigenvalue weighted by molar-refractivity contribution is 7.95. The van der Waals surface area contributed by atoms with Crippen LogP contribution >= 0.6 is 35.4 Å². The second-order valence-electron chi connectivity index (χ2n) is 20.9. The van der Waals surface area contributed by atoms with Crippen molar-refractivity contribution in [2.24, 2.45) is 40.9 Å². The van der Waals surface area contributed by atoms with E-state index in [-0.39, 0.29) is 100 Å². The Morgan fingerprint density at radius 2 is 1.14 bits per heavy atom. The lowest BCUT2D eigenvalue weighted by Gasteiger charge is -2.13. The average Bonchev–Trinajstić information content (AvgIpc) is 1.63. The van der Waals surface area contributed by atoms with Gasteiger partial charge in [-0.2, -0.15) is 35.5 Å². The number of benzene rings is 10. The van der Waals surface area contributed by atoms with Crippen LogP contribution in [0.3, 0.4) is 0 Å². The Morgan fingerprint density at radius 1 is 0.551 bits per heavy atom. The van der Waals surface area contributed by atoms with Crippen LogP contribution in [0.1, 0.15) is 16.7 Å². The molecule has 0 spiro atoms. The summed E-state index contributed by atoms with van der Waals surface area (Å²) in [6.07, 6.45) is 0. The molecular formula is C61H48N10O21S6. The van der Waals surface area contributed by atoms with Gasteiger partial charge in [0, 0.05) is 44.7 Å². The van der Waals surface area contributed by atoms with Crippen LogP contribution in [0.2, 0.25) is 0 Å². The minimum absolute atomic E-state index is 0.0379. The molecule has 10 N–H and O–H groups in total. The Hall–Kier alpha value is -9.78. The zero-order valence-electron chi connectivity index (χ0n) is 50.5. The molecule has 37 heteroatoms. The van der Waals surface area contributed by atoms with Crippen LogP contribution in [-0.4, -0.2) is 95.2 Å². The summed E-state index contributed by atoms with van der Waals surface area (Å²) in [6, 6.07) is 32.4. The van der Waals surface area contributed by atoms with Crippen LogP contribution in [0, 0.1) is 20.8 Å². The number of aliphatic hydroxyl groups excluding tert-OH is 1. The van der Waals surface area contributed by atoms with E-state index in [1.807, 2.05) is 0 Å². The van der Waals surface area contributed by atoms with Crippen LogP contribution in [0.15, 0.2) is 199 Å². The van der Waals surface area contributed by atoms with Crippen molar-refractivity contribution in [2.45, 2.75) is 45.2 Å². The summed E-state index contributed by atoms with van der Waals surface area (Å²) in [5.74, 6) is -1.27. The number of nitrogens with one attached hydrogen (secondary N) is 1. The zero-order chi connectivity index (χ0) is 70.0. The number of aliphatic hydroxyl groups is 1. The summed E-state index contributed by atoms with van der Waals surface area (Å²) >= 11 is 2.05. The molecule has 31 nitrogen and oxygen atoms in total. The van der Waals surface area contributed by atoms with Crippen molar-refractivity contribution in [1.82, 2.24) is 4.98 Å². The Morgan fingerprint density at radius 3 is 1.78 bits per heavy atom. The third kappa shape index (κ3) is 15.2. The number of phenols is 3. The number of nitrogens with zero attached hydrogens (tertiary/aromatic N) is 9. The van der Waals surface area contributed by atoms with Gasteiger partial charge in [-0.15, -0.1) is 50.7 Å². The first kappa shape index (κ1) is 69.6. The lowest BCUT2D eigenvalue weighted by molar-refractivity contribution is -0.432. The molecule has 11 aromatic rings. The molecule has 0 atom stereocenters. The van der Waals surface area contributed by atoms with Crippen molar-refractivity contribution in [1.29, 1.82) is 0 Å². The van der Waals surface area contributed by atoms with Gasteiger partial charge in [0.05, 0.1) is 85.9 Å². The van der Waals surface area contributed by atoms with Gasteiger partial charge < -0.3 is 35.2 Å². The van der Waals surface area contributed by atoms with E-state index >= 15 is 0 Å². The van der Waals surface area contributed by atoms with Gasteiger partial charge in [-0.3, -0.25) is 13.7 Å². The number of rotatable bonds is 24. The number of hydrogen-bond donors (Lipinski definition) is 10. The number of methoxy groups -OCH3 is 1. The standard InChI is InChI=1S/C61H48N10O21S6/c1-29-5-14-43-59(60(29)98(84,85)86)93-61(63-43)32-6-8-36(9-7-32)64-67-47-18-31(3)45(28-51(47)88-16-15-72)66-71-56-53(97(81,82)83)24-34-20-38(11-13-42(34)58(56)75)62-37-10-12-41-33(19-37)23-52(95-92-90-77)55(57(41)74)70-68-46-17-30(2)44(27-50(46)87-4)65-69-48-26-40(96(78,79)80)22-35-21-39(94-91-89-76)25-49(73)54(35)48/h5-14,17-28,62,72-77H,15-16H2,1-4H3,(H,78,79,80)(H,81,82,83)(H,84,85,86)/b67-64+,69-65+,70-68+,71-66+. The number of anilines is 2. The maximum absolute atomic E-state index is 13.0. The van der Waals surface area contributed by atoms with E-state index in [0.29, 0.717) is 84.0 Å². The van der Waals surface area contributed by atoms with Crippen molar-refractivity contribution in [3.8, 4) is 39.3 Å². The summed E-state index contributed by atoms with van der Waals surface area (Å²) in [6.45, 7) is 4.28. The smallest absolute Gasteiger partial charge is 0.296 e. The van der Waals surface area contributed by atoms with Gasteiger partial charge in [0.15, 0.2) is 11.5 Å². The van der Waals surface area contributed by atoms with Gasteiger partial charge in [-0.25, -0.2) is 15.5 Å². The summed E-state index contributed by atoms with van der Waals surface area (Å²) in [5.41, 5.74) is 3.14. The molecule has 0 aliphatic heterocycles. The lowest BCUT2D eigenvalue weighted by Crippen LogP contribution is -2.01. The minimum atomic E-state index is -5.10. The fraction of sp³-hybridized carbons (Fsp3) is 0.0984. The number of aryl methyl sites for hydroxylation is 3. The molecule has 98 heavy (non-hydrogen) atoms. The van der Waals surface area contributed by atoms with Gasteiger partial charge in [0.2, 0.25) is 0 Å². The van der Waals surface area contributed by atoms with E-state index in [9.17, 15) is 59.3 Å². The molecule has 0 aliphatic rings. The van der Waals surface area contributed by atoms with E-state index in [2.05, 4.69) is 65.6 Å². The SMILES string of the molecule is COc1cc(/N=N/c2cc(S(=O)(=O)O)cc3cc(SOOO)cc(O)c23)c(C)cc1/N=N/c1c(SOOO)cc2cc(Nc3ccc4c(O)c(/N=N/c5cc(OCCO)c(/N=N/c6ccc(-c7nc8ccc(C)c(S(=O)(=O)O)c8s7)cc6)cc5C)c(S(=O)(=O)O)cc4c3)ccc2c1O. The number of thiazole rings is 1. The molecule has 1 heterocycles. The highest BCUT2D eigenvalue weighted by Crippen LogP contribution is 2.49. The molecule has 0 amide bonds. The molecule has 0 saturated heterocycles. The second kappa shape index (κ2) is 28.7. The molecule has 0 radical (unpaired) electrons. The first-order chi connectivity index (χ1) is 46.7. The van der Waals surface area contributed by atoms with Gasteiger partial charge in [0.1, 0.15) is 61.4 Å². The summed E-state index contributed by atoms with van der Waals surface area (Å²) in [4.78, 5) is 3.22. The van der Waals surface area contributed by atoms with E-state index < -0.39 is 63.1 Å². The monoisotopic (exact) mass is 1450 g/mol. The maximum Gasteiger partial charge on any atom is 0.296 e. The lowest BCUT2D eigenvalue weighted by atomic mass is 10.1. The van der Waals surface area contributed by atoms with Crippen LogP contribution in [0.5, 0.6) is 28.7 Å². The number of aromatic hydroxyl groups is 3. The Bertz CT molecular complexity index is 5510. The number of fused-ring (bicyclic) bond motifs is 4. The number of aromatic nitrogens is 1. The van der Waals surface area contributed by atoms with E-state index in [0.717, 1.165) is 29.5 Å². The molecule has 0 bridgehead atoms. The second-order valence-corrected chi connectivity index (χ2v) is 27.6. The first-order valence-electron chi connectivity index (χ1n) is 27.9. The molecule has 504 valence electrons. The number of azo groups is 4. The summed E-state index contributed by atoms with van der Waals surface area (Å²) < 4.78 is 126. The average molecular weight is 1450 g/mol. The van der Waals surface area contributed by atoms with Gasteiger partial charge in [0.25, 0.3) is 30.4 Å². The van der Waals surface area contributed by atoms with Gasteiger partial charge in [-0.1, -0.05) is 16.1 Å². The Balaban J connectivity index is 0.830. The Labute approximate surface area is 566 Å². The number of phenolic OH excluding ortho intramolecular Hbond substituents is 3. The van der Waals surface area contributed by atoms with Crippen molar-refractivity contribution >= 4 is 165 Å². The van der Waals surface area contributed by atoms with E-state index in [1.165, 1.54) is 55.6 Å². The van der Waals surface area contributed by atoms with Crippen molar-refractivity contribution in [2.75, 3.05) is 25.6 Å². The molecule has 11 rings (SSSR count). The van der Waals surface area contributed by atoms with Gasteiger partial charge in [-0.05, 0) is 169 Å². The fourth-order valence-corrected chi connectivity index (χ4v) is 14.5. The number of hydrogen-bond acceptors (Lipinski definition) is 31. The van der Waals surface area contributed by atoms with Crippen LogP contribution in [-0.2, 0) is 49.1 Å². The van der Waals surface area contributed by atoms with Crippen molar-refractivity contribution < 1.29 is 98.1 Å². The predicted molar refractivity (Wildman–Crippen MR) is 359 cm³/mol. The van der Waals surface area contributed by atoms with Crippen LogP contribution in [0.25, 0.3) is 53.1 Å². The minimum Gasteiger partial charge on any atom is -0.507 e. The van der Waals surface area contributed by atoms with E-state index in [1.54, 1.807) is 87.5 Å². The van der Waals surface area contributed by atoms with Crippen molar-refractivity contribution in [3.63, 3.8) is 0 Å². The third-order valence-electron chi connectivity index (χ3n) is 14.5. The number of ether oxygens (including phenoxy) is 2. The fourth-order valence-electron chi connectivity index (χ4n) is 10.0. The molecule has 1 aromatic heterocycles. The third-order valence-corrected chi connectivity index (χ3v) is 19.7. The summed E-state index contributed by atoms with van der Waals surface area (Å²) in [7, 11) is -13.1. The van der Waals surface area contributed by atoms with Crippen LogP contribution < -0.4 is 14.8 Å². The largest absolute Gasteiger partial charge is 0.507 e. The van der Waals surface area contributed by atoms with E-state index in [4.69, 9.17) is 24.3 Å². The topological polar surface area (TPSA) is 464 Å². The zero-order valence-corrected chi connectivity index (χ0v) is 55.4. The molecule has 0 saturated carbocycles. The molecule has 0 unspecified atom stereocenters. The highest BCUT2D eigenvalue weighted by Gasteiger charge is 2.26. The summed E-state index contributed by atoms with van der Waals surface area (Å²) in [5, 5.41) is 108. The molecule has 0 fully saturated rings. The first-order valence-corrected chi connectivity index (χ1v) is 34.5.